The van der Waals surface area contributed by atoms with Gasteiger partial charge in [-0.2, -0.15) is 0 Å². The van der Waals surface area contributed by atoms with E-state index in [0.29, 0.717) is 6.54 Å². The molecule has 2 aromatic carbocycles. The fourth-order valence-corrected chi connectivity index (χ4v) is 3.55. The van der Waals surface area contributed by atoms with Gasteiger partial charge in [-0.1, -0.05) is 35.4 Å². The number of benzene rings is 2. The van der Waals surface area contributed by atoms with Gasteiger partial charge >= 0.3 is 0 Å². The molecule has 0 atom stereocenters. The summed E-state index contributed by atoms with van der Waals surface area (Å²) in [6, 6.07) is 10.9. The molecule has 0 saturated carbocycles. The van der Waals surface area contributed by atoms with Crippen molar-refractivity contribution in [2.24, 2.45) is 0 Å². The molecule has 0 aliphatic carbocycles. The van der Waals surface area contributed by atoms with Crippen molar-refractivity contribution in [3.8, 4) is 0 Å². The van der Waals surface area contributed by atoms with Gasteiger partial charge in [0.15, 0.2) is 0 Å². The Kier molecular flexibility index (Phi) is 6.47. The number of nitrogens with one attached hydrogen (secondary N) is 1. The Balaban J connectivity index is 1.46. The van der Waals surface area contributed by atoms with E-state index in [4.69, 9.17) is 11.6 Å². The van der Waals surface area contributed by atoms with E-state index in [-0.39, 0.29) is 16.7 Å². The van der Waals surface area contributed by atoms with Gasteiger partial charge in [0.25, 0.3) is 0 Å². The molecule has 1 N–H and O–H groups in total. The number of anilines is 1. The Morgan fingerprint density at radius 3 is 2.44 bits per heavy atom. The van der Waals surface area contributed by atoms with Crippen LogP contribution in [0.1, 0.15) is 16.7 Å². The third kappa shape index (κ3) is 5.51. The van der Waals surface area contributed by atoms with Crippen LogP contribution in [0.3, 0.4) is 0 Å². The molecule has 6 heteroatoms. The predicted octanol–water partition coefficient (Wildman–Crippen LogP) is 3.85. The third-order valence-electron chi connectivity index (χ3n) is 4.88. The van der Waals surface area contributed by atoms with E-state index in [0.717, 1.165) is 49.5 Å². The van der Waals surface area contributed by atoms with Gasteiger partial charge in [-0.05, 0) is 43.2 Å². The van der Waals surface area contributed by atoms with E-state index in [2.05, 4.69) is 21.2 Å². The molecule has 3 rings (SSSR count). The molecule has 0 bridgehead atoms. The van der Waals surface area contributed by atoms with Gasteiger partial charge in [-0.15, -0.1) is 0 Å². The van der Waals surface area contributed by atoms with Crippen LogP contribution < -0.4 is 5.32 Å². The fraction of sp³-hybridized carbons (Fsp3) is 0.381. The highest BCUT2D eigenvalue weighted by molar-refractivity contribution is 6.30. The van der Waals surface area contributed by atoms with Crippen molar-refractivity contribution in [1.29, 1.82) is 0 Å². The maximum absolute atomic E-state index is 13.3. The third-order valence-corrected chi connectivity index (χ3v) is 5.17. The maximum Gasteiger partial charge on any atom is 0.238 e. The SMILES string of the molecule is Cc1ccc(NC(=O)CN2CCN(Cc3ccc(F)c(Cl)c3)CC2)c(C)c1. The molecule has 1 fully saturated rings. The van der Waals surface area contributed by atoms with E-state index in [1.165, 1.54) is 11.6 Å². The number of halogens is 2. The highest BCUT2D eigenvalue weighted by atomic mass is 35.5. The summed E-state index contributed by atoms with van der Waals surface area (Å²) in [4.78, 5) is 16.8. The highest BCUT2D eigenvalue weighted by Crippen LogP contribution is 2.18. The van der Waals surface area contributed by atoms with Crippen LogP contribution in [0.15, 0.2) is 36.4 Å². The largest absolute Gasteiger partial charge is 0.325 e. The summed E-state index contributed by atoms with van der Waals surface area (Å²) in [5.41, 5.74) is 4.13. The van der Waals surface area contributed by atoms with E-state index in [1.807, 2.05) is 26.0 Å². The zero-order chi connectivity index (χ0) is 19.4. The van der Waals surface area contributed by atoms with Crippen molar-refractivity contribution >= 4 is 23.2 Å². The number of piperazine rings is 1. The van der Waals surface area contributed by atoms with E-state index >= 15 is 0 Å². The molecule has 1 aliphatic rings. The first-order valence-electron chi connectivity index (χ1n) is 9.16. The molecule has 0 radical (unpaired) electrons. The Morgan fingerprint density at radius 2 is 1.78 bits per heavy atom. The Bertz CT molecular complexity index is 819. The quantitative estimate of drug-likeness (QED) is 0.843. The van der Waals surface area contributed by atoms with Crippen LogP contribution in [-0.4, -0.2) is 48.4 Å². The zero-order valence-electron chi connectivity index (χ0n) is 15.8. The molecule has 144 valence electrons. The second kappa shape index (κ2) is 8.83. The van der Waals surface area contributed by atoms with E-state index in [1.54, 1.807) is 12.1 Å². The number of amides is 1. The van der Waals surface area contributed by atoms with Crippen LogP contribution >= 0.6 is 11.6 Å². The van der Waals surface area contributed by atoms with Crippen LogP contribution in [0, 0.1) is 19.7 Å². The van der Waals surface area contributed by atoms with Crippen molar-refractivity contribution in [1.82, 2.24) is 9.80 Å². The molecule has 1 aliphatic heterocycles. The first-order valence-corrected chi connectivity index (χ1v) is 9.54. The van der Waals surface area contributed by atoms with Crippen LogP contribution in [0.25, 0.3) is 0 Å². The van der Waals surface area contributed by atoms with Crippen molar-refractivity contribution in [3.63, 3.8) is 0 Å². The number of hydrogen-bond acceptors (Lipinski definition) is 3. The minimum Gasteiger partial charge on any atom is -0.325 e. The number of hydrogen-bond donors (Lipinski definition) is 1. The smallest absolute Gasteiger partial charge is 0.238 e. The summed E-state index contributed by atoms with van der Waals surface area (Å²) in [6.07, 6.45) is 0. The highest BCUT2D eigenvalue weighted by Gasteiger charge is 2.19. The Hall–Kier alpha value is -1.95. The molecule has 27 heavy (non-hydrogen) atoms. The molecule has 0 spiro atoms. The molecular weight excluding hydrogens is 365 g/mol. The molecule has 2 aromatic rings. The summed E-state index contributed by atoms with van der Waals surface area (Å²) in [5.74, 6) is -0.374. The van der Waals surface area contributed by atoms with Gasteiger partial charge in [0.2, 0.25) is 5.91 Å². The average Bonchev–Trinajstić information content (AvgIpc) is 2.62. The molecule has 0 unspecified atom stereocenters. The van der Waals surface area contributed by atoms with Gasteiger partial charge in [-0.25, -0.2) is 4.39 Å². The number of nitrogens with zero attached hydrogens (tertiary/aromatic N) is 2. The Morgan fingerprint density at radius 1 is 1.07 bits per heavy atom. The number of carbonyl (C=O) groups is 1. The molecule has 1 amide bonds. The monoisotopic (exact) mass is 389 g/mol. The zero-order valence-corrected chi connectivity index (χ0v) is 16.5. The van der Waals surface area contributed by atoms with Crippen LogP contribution in [0.5, 0.6) is 0 Å². The summed E-state index contributed by atoms with van der Waals surface area (Å²) < 4.78 is 13.3. The first kappa shape index (κ1) is 19.8. The maximum atomic E-state index is 13.3. The van der Waals surface area contributed by atoms with Crippen molar-refractivity contribution in [3.05, 3.63) is 63.9 Å². The minimum absolute atomic E-state index is 0.0146. The lowest BCUT2D eigenvalue weighted by Crippen LogP contribution is -2.48. The van der Waals surface area contributed by atoms with Gasteiger partial charge in [-0.3, -0.25) is 14.6 Å². The van der Waals surface area contributed by atoms with Gasteiger partial charge < -0.3 is 5.32 Å². The second-order valence-corrected chi connectivity index (χ2v) is 7.57. The first-order chi connectivity index (χ1) is 12.9. The molecule has 0 aromatic heterocycles. The predicted molar refractivity (Wildman–Crippen MR) is 108 cm³/mol. The normalized spacial score (nSPS) is 15.7. The summed E-state index contributed by atoms with van der Waals surface area (Å²) in [7, 11) is 0. The van der Waals surface area contributed by atoms with E-state index < -0.39 is 0 Å². The summed E-state index contributed by atoms with van der Waals surface area (Å²) in [5, 5.41) is 3.16. The van der Waals surface area contributed by atoms with Crippen LogP contribution in [0.2, 0.25) is 5.02 Å². The van der Waals surface area contributed by atoms with Crippen molar-refractivity contribution in [2.75, 3.05) is 38.0 Å². The van der Waals surface area contributed by atoms with E-state index in [9.17, 15) is 9.18 Å². The topological polar surface area (TPSA) is 35.6 Å². The molecule has 1 saturated heterocycles. The number of rotatable bonds is 5. The van der Waals surface area contributed by atoms with Crippen molar-refractivity contribution in [2.45, 2.75) is 20.4 Å². The van der Waals surface area contributed by atoms with Gasteiger partial charge in [0.1, 0.15) is 5.82 Å². The number of carbonyl (C=O) groups excluding carboxylic acids is 1. The standard InChI is InChI=1S/C21H25ClFN3O/c1-15-3-6-20(16(2)11-15)24-21(27)14-26-9-7-25(8-10-26)13-17-4-5-19(23)18(22)12-17/h3-6,11-12H,7-10,13-14H2,1-2H3,(H,24,27). The number of aryl methyl sites for hydroxylation is 2. The summed E-state index contributed by atoms with van der Waals surface area (Å²) in [6.45, 7) is 8.56. The fourth-order valence-electron chi connectivity index (χ4n) is 3.35. The summed E-state index contributed by atoms with van der Waals surface area (Å²) >= 11 is 5.85. The van der Waals surface area contributed by atoms with Crippen LogP contribution in [0.4, 0.5) is 10.1 Å². The van der Waals surface area contributed by atoms with Gasteiger partial charge in [0, 0.05) is 38.4 Å². The lowest BCUT2D eigenvalue weighted by atomic mass is 10.1. The lowest BCUT2D eigenvalue weighted by molar-refractivity contribution is -0.117. The lowest BCUT2D eigenvalue weighted by Gasteiger charge is -2.34. The van der Waals surface area contributed by atoms with Gasteiger partial charge in [0.05, 0.1) is 11.6 Å². The van der Waals surface area contributed by atoms with Crippen LogP contribution in [-0.2, 0) is 11.3 Å². The minimum atomic E-state index is -0.389. The average molecular weight is 390 g/mol. The molecular formula is C21H25ClFN3O. The Labute approximate surface area is 164 Å². The van der Waals surface area contributed by atoms with Crippen molar-refractivity contribution < 1.29 is 9.18 Å². The molecule has 4 nitrogen and oxygen atoms in total. The molecule has 1 heterocycles. The second-order valence-electron chi connectivity index (χ2n) is 7.17.